The summed E-state index contributed by atoms with van der Waals surface area (Å²) in [6, 6.07) is 23.4. The van der Waals surface area contributed by atoms with Crippen molar-refractivity contribution in [3.05, 3.63) is 146 Å². The zero-order valence-corrected chi connectivity index (χ0v) is 26.0. The highest BCUT2D eigenvalue weighted by molar-refractivity contribution is 6.01. The molecule has 1 heterocycles. The third-order valence-corrected chi connectivity index (χ3v) is 7.67. The molecule has 0 spiro atoms. The number of amides is 1. The maximum Gasteiger partial charge on any atom is 0.266 e. The molecule has 15 heteroatoms. The van der Waals surface area contributed by atoms with Gasteiger partial charge in [-0.2, -0.15) is 0 Å². The lowest BCUT2D eigenvalue weighted by molar-refractivity contribution is -0.130. The minimum Gasteiger partial charge on any atom is -0.494 e. The van der Waals surface area contributed by atoms with Gasteiger partial charge in [0.15, 0.2) is 11.6 Å². The first-order chi connectivity index (χ1) is 23.9. The third kappa shape index (κ3) is 8.30. The van der Waals surface area contributed by atoms with Crippen molar-refractivity contribution in [2.45, 2.75) is 30.9 Å². The topological polar surface area (TPSA) is 190 Å². The highest BCUT2D eigenvalue weighted by Gasteiger charge is 2.54. The summed E-state index contributed by atoms with van der Waals surface area (Å²) in [4.78, 5) is 25.3. The molecule has 49 heavy (non-hydrogen) atoms. The first-order valence-electron chi connectivity index (χ1n) is 15.2. The Morgan fingerprint density at radius 1 is 0.959 bits per heavy atom. The van der Waals surface area contributed by atoms with E-state index in [1.54, 1.807) is 72.8 Å². The number of halogens is 2. The van der Waals surface area contributed by atoms with Crippen LogP contribution in [0.5, 0.6) is 5.75 Å². The van der Waals surface area contributed by atoms with Crippen LogP contribution in [0.1, 0.15) is 34.8 Å². The van der Waals surface area contributed by atoms with E-state index in [9.17, 15) is 24.6 Å². The lowest BCUT2D eigenvalue weighted by Crippen LogP contribution is -2.54. The fourth-order valence-electron chi connectivity index (χ4n) is 5.42. The summed E-state index contributed by atoms with van der Waals surface area (Å²) < 4.78 is 39.6. The quantitative estimate of drug-likeness (QED) is 0.0405. The number of nitrogens with one attached hydrogen (secondary N) is 2. The second kappa shape index (κ2) is 16.2. The van der Waals surface area contributed by atoms with E-state index in [-0.39, 0.29) is 43.3 Å². The van der Waals surface area contributed by atoms with E-state index in [0.29, 0.717) is 41.0 Å². The van der Waals surface area contributed by atoms with Crippen LogP contribution in [0.2, 0.25) is 0 Å². The van der Waals surface area contributed by atoms with E-state index < -0.39 is 29.2 Å². The molecule has 0 radical (unpaired) electrons. The van der Waals surface area contributed by atoms with Crippen LogP contribution in [-0.4, -0.2) is 42.2 Å². The number of aliphatic hydroxyl groups is 1. The molecule has 1 amide bonds. The number of hydrazine groups is 1. The number of aliphatic hydroxyl groups excluding tert-OH is 1. The van der Waals surface area contributed by atoms with Crippen molar-refractivity contribution >= 4 is 23.2 Å². The fraction of sp³-hybridized carbons (Fsp3) is 0.235. The number of ether oxygens (including phenoxy) is 2. The van der Waals surface area contributed by atoms with Crippen molar-refractivity contribution in [3.63, 3.8) is 0 Å². The van der Waals surface area contributed by atoms with Gasteiger partial charge in [-0.3, -0.25) is 10.2 Å². The Labute approximate surface area is 279 Å². The molecular formula is C34H31F2N9O4. The van der Waals surface area contributed by atoms with Crippen LogP contribution in [0.4, 0.5) is 20.2 Å². The highest BCUT2D eigenvalue weighted by Crippen LogP contribution is 2.46. The molecule has 0 fully saturated rings. The summed E-state index contributed by atoms with van der Waals surface area (Å²) in [6.07, 6.45) is -0.622. The maximum atomic E-state index is 14.5. The largest absolute Gasteiger partial charge is 0.494 e. The van der Waals surface area contributed by atoms with Crippen molar-refractivity contribution in [2.24, 2.45) is 15.2 Å². The van der Waals surface area contributed by atoms with Gasteiger partial charge < -0.3 is 14.6 Å². The Hall–Kier alpha value is -5.98. The maximum absolute atomic E-state index is 14.5. The minimum absolute atomic E-state index is 0.00733. The molecule has 5 rings (SSSR count). The van der Waals surface area contributed by atoms with Gasteiger partial charge in [0, 0.05) is 64.4 Å². The Kier molecular flexibility index (Phi) is 11.4. The third-order valence-electron chi connectivity index (χ3n) is 7.67. The lowest BCUT2D eigenvalue weighted by Gasteiger charge is -2.31. The van der Waals surface area contributed by atoms with Crippen LogP contribution >= 0.6 is 0 Å². The number of carbonyl (C=O) groups is 1. The molecule has 1 aliphatic heterocycles. The van der Waals surface area contributed by atoms with Crippen molar-refractivity contribution < 1.29 is 28.2 Å². The van der Waals surface area contributed by atoms with Gasteiger partial charge in [-0.05, 0) is 65.0 Å². The van der Waals surface area contributed by atoms with Gasteiger partial charge in [0.1, 0.15) is 17.4 Å². The van der Waals surface area contributed by atoms with Gasteiger partial charge >= 0.3 is 0 Å². The summed E-state index contributed by atoms with van der Waals surface area (Å²) in [5.41, 5.74) is 24.6. The van der Waals surface area contributed by atoms with Crippen LogP contribution in [0.3, 0.4) is 0 Å². The van der Waals surface area contributed by atoms with Gasteiger partial charge in [0.05, 0.1) is 6.61 Å². The molecule has 3 N–H and O–H groups in total. The van der Waals surface area contributed by atoms with E-state index in [1.165, 1.54) is 12.1 Å². The number of carbonyl (C=O) groups excluding carboxylic acids is 1. The summed E-state index contributed by atoms with van der Waals surface area (Å²) >= 11 is 0. The summed E-state index contributed by atoms with van der Waals surface area (Å²) in [7, 11) is 0. The smallest absolute Gasteiger partial charge is 0.266 e. The average molecular weight is 668 g/mol. The van der Waals surface area contributed by atoms with E-state index in [0.717, 1.165) is 6.07 Å². The van der Waals surface area contributed by atoms with Gasteiger partial charge in [-0.15, -0.1) is 0 Å². The van der Waals surface area contributed by atoms with Crippen molar-refractivity contribution in [1.82, 2.24) is 10.9 Å². The van der Waals surface area contributed by atoms with Gasteiger partial charge in [0.2, 0.25) is 5.90 Å². The summed E-state index contributed by atoms with van der Waals surface area (Å²) in [6.45, 7) is 0.419. The predicted octanol–water partition coefficient (Wildman–Crippen LogP) is 6.97. The number of hydrogen-bond donors (Lipinski definition) is 3. The van der Waals surface area contributed by atoms with Gasteiger partial charge in [-0.1, -0.05) is 58.8 Å². The first kappa shape index (κ1) is 34.4. The molecule has 0 bridgehead atoms. The molecule has 4 aromatic carbocycles. The Morgan fingerprint density at radius 3 is 2.35 bits per heavy atom. The van der Waals surface area contributed by atoms with Crippen LogP contribution in [0, 0.1) is 11.6 Å². The minimum atomic E-state index is -1.77. The van der Waals surface area contributed by atoms with Crippen LogP contribution in [0.25, 0.3) is 20.9 Å². The molecule has 13 nitrogen and oxygen atoms in total. The molecule has 0 aromatic heterocycles. The van der Waals surface area contributed by atoms with Gasteiger partial charge in [0.25, 0.3) is 5.91 Å². The second-order valence-corrected chi connectivity index (χ2v) is 10.9. The molecular weight excluding hydrogens is 636 g/mol. The number of hydrogen-bond acceptors (Lipinski definition) is 8. The number of benzene rings is 4. The molecule has 0 aliphatic carbocycles. The van der Waals surface area contributed by atoms with Crippen LogP contribution < -0.4 is 15.6 Å². The SMILES string of the molecule is [N-]=[N+]=Nc1ccccc1C[C@]1(C(=O)NNCCc2cc(F)cc(F)c2)N=C(c2ccc(OCCCO)cc2)O[C@H]1c1ccccc1N=[N+]=[N-]. The number of aliphatic imine (C=N–C) groups is 1. The fourth-order valence-corrected chi connectivity index (χ4v) is 5.42. The van der Waals surface area contributed by atoms with Gasteiger partial charge in [-0.25, -0.2) is 19.2 Å². The number of rotatable bonds is 15. The van der Waals surface area contributed by atoms with E-state index in [2.05, 4.69) is 30.9 Å². The van der Waals surface area contributed by atoms with E-state index in [4.69, 9.17) is 19.6 Å². The lowest BCUT2D eigenvalue weighted by atomic mass is 9.81. The number of azide groups is 2. The standard InChI is InChI=1S/C34H31F2N9O4/c35-25-18-22(19-26(36)20-25)14-15-39-43-33(47)34(21-24-6-1-3-8-29(24)41-44-37)31(28-7-2-4-9-30(28)42-45-38)49-32(40-34)23-10-12-27(13-11-23)48-17-5-16-46/h1-4,6-13,18-20,31,39,46H,5,14-17,21H2,(H,43,47)/t31-,34-/m0/s1. The number of nitrogens with zero attached hydrogens (tertiary/aromatic N) is 7. The normalized spacial score (nSPS) is 16.5. The summed E-state index contributed by atoms with van der Waals surface area (Å²) in [5.74, 6) is -1.42. The van der Waals surface area contributed by atoms with Crippen molar-refractivity contribution in [1.29, 1.82) is 0 Å². The molecule has 0 unspecified atom stereocenters. The van der Waals surface area contributed by atoms with Crippen LogP contribution in [-0.2, 0) is 22.4 Å². The van der Waals surface area contributed by atoms with Crippen molar-refractivity contribution in [3.8, 4) is 5.75 Å². The zero-order valence-electron chi connectivity index (χ0n) is 26.0. The zero-order chi connectivity index (χ0) is 34.6. The predicted molar refractivity (Wildman–Crippen MR) is 177 cm³/mol. The Morgan fingerprint density at radius 2 is 1.63 bits per heavy atom. The first-order valence-corrected chi connectivity index (χ1v) is 15.2. The monoisotopic (exact) mass is 667 g/mol. The van der Waals surface area contributed by atoms with E-state index in [1.807, 2.05) is 0 Å². The second-order valence-electron chi connectivity index (χ2n) is 10.9. The molecule has 250 valence electrons. The van der Waals surface area contributed by atoms with E-state index >= 15 is 0 Å². The average Bonchev–Trinajstić information content (AvgIpc) is 3.48. The molecule has 0 saturated carbocycles. The molecule has 0 saturated heterocycles. The summed E-state index contributed by atoms with van der Waals surface area (Å²) in [5, 5.41) is 16.7. The molecule has 1 aliphatic rings. The highest BCUT2D eigenvalue weighted by atomic mass is 19.1. The molecule has 2 atom stereocenters. The van der Waals surface area contributed by atoms with Crippen LogP contribution in [0.15, 0.2) is 106 Å². The molecule has 4 aromatic rings. The Bertz CT molecular complexity index is 1910. The van der Waals surface area contributed by atoms with Crippen molar-refractivity contribution in [2.75, 3.05) is 19.8 Å². The Balaban J connectivity index is 1.56.